The topological polar surface area (TPSA) is 20.3 Å². The number of hydrogen-bond acceptors (Lipinski definition) is 2. The van der Waals surface area contributed by atoms with Gasteiger partial charge in [-0.1, -0.05) is 12.2 Å². The lowest BCUT2D eigenvalue weighted by Gasteiger charge is -2.49. The Morgan fingerprint density at radius 2 is 2.29 bits per heavy atom. The average molecular weight is 191 g/mol. The number of carbonyl (C=O) groups excluding carboxylic acids is 1. The van der Waals surface area contributed by atoms with Crippen LogP contribution < -0.4 is 0 Å². The van der Waals surface area contributed by atoms with Crippen molar-refractivity contribution in [3.05, 3.63) is 12.2 Å². The molecule has 2 heterocycles. The molecule has 3 aliphatic rings. The van der Waals surface area contributed by atoms with Gasteiger partial charge in [0.1, 0.15) is 5.78 Å². The number of carbonyl (C=O) groups is 1. The maximum Gasteiger partial charge on any atom is 0.140 e. The van der Waals surface area contributed by atoms with E-state index in [0.717, 1.165) is 25.8 Å². The summed E-state index contributed by atoms with van der Waals surface area (Å²) in [5.41, 5.74) is 1.58. The van der Waals surface area contributed by atoms with Gasteiger partial charge in [-0.05, 0) is 32.2 Å². The Balaban J connectivity index is 1.97. The van der Waals surface area contributed by atoms with Crippen LogP contribution in [0.4, 0.5) is 0 Å². The van der Waals surface area contributed by atoms with Crippen molar-refractivity contribution in [2.75, 3.05) is 13.1 Å². The molecule has 2 aliphatic heterocycles. The molecule has 0 aromatic heterocycles. The van der Waals surface area contributed by atoms with Crippen LogP contribution in [-0.2, 0) is 4.79 Å². The van der Waals surface area contributed by atoms with E-state index in [1.54, 1.807) is 0 Å². The van der Waals surface area contributed by atoms with E-state index in [-0.39, 0.29) is 5.92 Å². The fraction of sp³-hybridized carbons (Fsp3) is 0.750. The maximum atomic E-state index is 11.7. The van der Waals surface area contributed by atoms with Crippen LogP contribution in [-0.4, -0.2) is 29.3 Å². The van der Waals surface area contributed by atoms with Gasteiger partial charge < -0.3 is 0 Å². The lowest BCUT2D eigenvalue weighted by Crippen LogP contribution is -2.55. The Kier molecular flexibility index (Phi) is 1.67. The summed E-state index contributed by atoms with van der Waals surface area (Å²) in [7, 11) is 0. The first-order valence-corrected chi connectivity index (χ1v) is 5.67. The Hall–Kier alpha value is -0.630. The Bertz CT molecular complexity index is 309. The van der Waals surface area contributed by atoms with Crippen molar-refractivity contribution in [2.45, 2.75) is 37.6 Å². The van der Waals surface area contributed by atoms with E-state index in [1.807, 2.05) is 0 Å². The number of rotatable bonds is 0. The third-order valence-corrected chi connectivity index (χ3v) is 4.44. The van der Waals surface area contributed by atoms with Crippen LogP contribution >= 0.6 is 0 Å². The van der Waals surface area contributed by atoms with Gasteiger partial charge >= 0.3 is 0 Å². The summed E-state index contributed by atoms with van der Waals surface area (Å²) in [5.74, 6) is 0.658. The zero-order valence-corrected chi connectivity index (χ0v) is 8.59. The van der Waals surface area contributed by atoms with Crippen LogP contribution in [0.3, 0.4) is 0 Å². The van der Waals surface area contributed by atoms with Crippen molar-refractivity contribution in [1.82, 2.24) is 4.90 Å². The summed E-state index contributed by atoms with van der Waals surface area (Å²) in [4.78, 5) is 14.3. The summed E-state index contributed by atoms with van der Waals surface area (Å²) in [5, 5.41) is 0. The van der Waals surface area contributed by atoms with Gasteiger partial charge in [-0.25, -0.2) is 0 Å². The first kappa shape index (κ1) is 8.66. The molecular formula is C12H17NO. The fourth-order valence-corrected chi connectivity index (χ4v) is 3.61. The monoisotopic (exact) mass is 191 g/mol. The Morgan fingerprint density at radius 1 is 1.43 bits per heavy atom. The molecule has 0 aromatic carbocycles. The quantitative estimate of drug-likeness (QED) is 0.544. The molecule has 76 valence electrons. The van der Waals surface area contributed by atoms with Crippen molar-refractivity contribution < 1.29 is 4.79 Å². The smallest absolute Gasteiger partial charge is 0.140 e. The largest absolute Gasteiger partial charge is 0.299 e. The van der Waals surface area contributed by atoms with E-state index in [4.69, 9.17) is 0 Å². The highest BCUT2D eigenvalue weighted by Gasteiger charge is 2.50. The van der Waals surface area contributed by atoms with Crippen LogP contribution in [0, 0.1) is 5.92 Å². The van der Waals surface area contributed by atoms with E-state index >= 15 is 0 Å². The third kappa shape index (κ3) is 0.977. The van der Waals surface area contributed by atoms with Gasteiger partial charge in [0.25, 0.3) is 0 Å². The van der Waals surface area contributed by atoms with E-state index in [9.17, 15) is 4.79 Å². The third-order valence-electron chi connectivity index (χ3n) is 4.44. The Labute approximate surface area is 85.0 Å². The zero-order valence-electron chi connectivity index (χ0n) is 8.59. The minimum atomic E-state index is 0.207. The highest BCUT2D eigenvalue weighted by molar-refractivity contribution is 5.85. The normalized spacial score (nSPS) is 42.7. The van der Waals surface area contributed by atoms with E-state index in [2.05, 4.69) is 11.5 Å². The summed E-state index contributed by atoms with van der Waals surface area (Å²) in [6, 6.07) is 0. The molecule has 0 N–H and O–H groups in total. The molecular weight excluding hydrogens is 174 g/mol. The SMILES string of the molecule is C=C1CN2CCCC23CCC(=O)C1C3. The van der Waals surface area contributed by atoms with Gasteiger partial charge in [0.05, 0.1) is 0 Å². The molecule has 3 fully saturated rings. The molecule has 2 saturated heterocycles. The maximum absolute atomic E-state index is 11.7. The first-order valence-electron chi connectivity index (χ1n) is 5.67. The summed E-state index contributed by atoms with van der Waals surface area (Å²) < 4.78 is 0. The molecule has 2 bridgehead atoms. The lowest BCUT2D eigenvalue weighted by atomic mass is 9.68. The van der Waals surface area contributed by atoms with Crippen LogP contribution in [0.5, 0.6) is 0 Å². The molecule has 2 atom stereocenters. The number of fused-ring (bicyclic) bond motifs is 1. The van der Waals surface area contributed by atoms with Crippen LogP contribution in [0.2, 0.25) is 0 Å². The number of Topliss-reactive ketones (excluding diaryl/α,β-unsaturated/α-hetero) is 1. The highest BCUT2D eigenvalue weighted by atomic mass is 16.1. The van der Waals surface area contributed by atoms with E-state index in [0.29, 0.717) is 11.3 Å². The molecule has 1 aliphatic carbocycles. The predicted molar refractivity (Wildman–Crippen MR) is 55.0 cm³/mol. The average Bonchev–Trinajstić information content (AvgIpc) is 2.55. The minimum absolute atomic E-state index is 0.207. The number of hydrogen-bond donors (Lipinski definition) is 0. The number of piperidine rings is 1. The molecule has 14 heavy (non-hydrogen) atoms. The van der Waals surface area contributed by atoms with Crippen molar-refractivity contribution in [2.24, 2.45) is 5.92 Å². The molecule has 2 unspecified atom stereocenters. The first-order chi connectivity index (χ1) is 6.71. The number of nitrogens with zero attached hydrogens (tertiary/aromatic N) is 1. The summed E-state index contributed by atoms with van der Waals surface area (Å²) in [6.07, 6.45) is 5.60. The molecule has 2 nitrogen and oxygen atoms in total. The molecule has 1 saturated carbocycles. The van der Waals surface area contributed by atoms with Gasteiger partial charge in [0, 0.05) is 24.4 Å². The van der Waals surface area contributed by atoms with Crippen molar-refractivity contribution in [3.8, 4) is 0 Å². The highest BCUT2D eigenvalue weighted by Crippen LogP contribution is 2.48. The number of ketones is 1. The van der Waals surface area contributed by atoms with Gasteiger partial charge in [0.2, 0.25) is 0 Å². The molecule has 0 radical (unpaired) electrons. The van der Waals surface area contributed by atoms with Crippen molar-refractivity contribution in [1.29, 1.82) is 0 Å². The van der Waals surface area contributed by atoms with Gasteiger partial charge in [0.15, 0.2) is 0 Å². The summed E-state index contributed by atoms with van der Waals surface area (Å²) in [6.45, 7) is 6.28. The molecule has 1 spiro atoms. The second-order valence-electron chi connectivity index (χ2n) is 5.13. The van der Waals surface area contributed by atoms with Crippen LogP contribution in [0.15, 0.2) is 12.2 Å². The second kappa shape index (κ2) is 2.69. The van der Waals surface area contributed by atoms with E-state index < -0.39 is 0 Å². The molecule has 0 aromatic rings. The standard InChI is InChI=1S/C12H17NO/c1-9-8-13-6-2-4-12(13)5-3-11(14)10(9)7-12/h10H,1-8H2. The molecule has 0 amide bonds. The van der Waals surface area contributed by atoms with Gasteiger partial charge in [-0.2, -0.15) is 0 Å². The predicted octanol–water partition coefficient (Wildman–Crippen LogP) is 1.76. The van der Waals surface area contributed by atoms with Crippen LogP contribution in [0.25, 0.3) is 0 Å². The van der Waals surface area contributed by atoms with Crippen molar-refractivity contribution >= 4 is 5.78 Å². The molecule has 3 rings (SSSR count). The molecule has 2 heteroatoms. The van der Waals surface area contributed by atoms with E-state index in [1.165, 1.54) is 25.0 Å². The van der Waals surface area contributed by atoms with Crippen molar-refractivity contribution in [3.63, 3.8) is 0 Å². The van der Waals surface area contributed by atoms with Crippen LogP contribution in [0.1, 0.15) is 32.1 Å². The summed E-state index contributed by atoms with van der Waals surface area (Å²) >= 11 is 0. The van der Waals surface area contributed by atoms with Gasteiger partial charge in [-0.15, -0.1) is 0 Å². The Morgan fingerprint density at radius 3 is 3.14 bits per heavy atom. The lowest BCUT2D eigenvalue weighted by molar-refractivity contribution is -0.128. The second-order valence-corrected chi connectivity index (χ2v) is 5.13. The zero-order chi connectivity index (χ0) is 9.76. The minimum Gasteiger partial charge on any atom is -0.299 e. The van der Waals surface area contributed by atoms with Gasteiger partial charge in [-0.3, -0.25) is 9.69 Å². The fourth-order valence-electron chi connectivity index (χ4n) is 3.61.